The van der Waals surface area contributed by atoms with E-state index in [1.54, 1.807) is 0 Å². The zero-order valence-corrected chi connectivity index (χ0v) is 16.4. The molecule has 0 aliphatic rings. The van der Waals surface area contributed by atoms with Gasteiger partial charge in [0.05, 0.1) is 17.5 Å². The van der Waals surface area contributed by atoms with Gasteiger partial charge in [-0.3, -0.25) is 30.0 Å². The van der Waals surface area contributed by atoms with Gasteiger partial charge in [0.2, 0.25) is 15.9 Å². The number of hydrazine groups is 1. The number of sulfonamides is 1. The molecule has 2 rings (SSSR count). The summed E-state index contributed by atoms with van der Waals surface area (Å²) in [6, 6.07) is 10.0. The van der Waals surface area contributed by atoms with Gasteiger partial charge >= 0.3 is 0 Å². The molecule has 0 aliphatic carbocycles. The molecule has 11 heteroatoms. The number of carbonyl (C=O) groups excluding carboxylic acids is 3. The standard InChI is InChI=1S/C17H17ClN4O5S/c1-10(23)19-13-7-8-15(22-28(2,26)27)14(9-13)17(25)21-20-16(24)11-3-5-12(18)6-4-11/h3-9,22H,1-2H3,(H,19,23)(H,20,24)(H,21,25). The summed E-state index contributed by atoms with van der Waals surface area (Å²) in [4.78, 5) is 35.8. The largest absolute Gasteiger partial charge is 0.326 e. The number of halogens is 1. The molecule has 0 radical (unpaired) electrons. The number of amides is 3. The number of hydrogen-bond acceptors (Lipinski definition) is 5. The minimum atomic E-state index is -3.66. The van der Waals surface area contributed by atoms with E-state index in [1.807, 2.05) is 0 Å². The molecule has 148 valence electrons. The predicted molar refractivity (Wildman–Crippen MR) is 106 cm³/mol. The second-order valence-electron chi connectivity index (χ2n) is 5.73. The van der Waals surface area contributed by atoms with Gasteiger partial charge in [0, 0.05) is 23.2 Å². The van der Waals surface area contributed by atoms with E-state index in [0.717, 1.165) is 6.26 Å². The van der Waals surface area contributed by atoms with Gasteiger partial charge in [-0.2, -0.15) is 0 Å². The molecule has 0 unspecified atom stereocenters. The molecule has 0 spiro atoms. The number of carbonyl (C=O) groups is 3. The summed E-state index contributed by atoms with van der Waals surface area (Å²) in [7, 11) is -3.66. The van der Waals surface area contributed by atoms with Gasteiger partial charge < -0.3 is 5.32 Å². The van der Waals surface area contributed by atoms with Crippen molar-refractivity contribution in [3.05, 3.63) is 58.6 Å². The molecule has 0 aromatic heterocycles. The van der Waals surface area contributed by atoms with Crippen molar-refractivity contribution in [3.63, 3.8) is 0 Å². The van der Waals surface area contributed by atoms with E-state index in [2.05, 4.69) is 20.9 Å². The van der Waals surface area contributed by atoms with Crippen LogP contribution in [0.4, 0.5) is 11.4 Å². The summed E-state index contributed by atoms with van der Waals surface area (Å²) < 4.78 is 25.3. The van der Waals surface area contributed by atoms with Gasteiger partial charge in [-0.1, -0.05) is 11.6 Å². The van der Waals surface area contributed by atoms with Gasteiger partial charge in [-0.25, -0.2) is 8.42 Å². The lowest BCUT2D eigenvalue weighted by molar-refractivity contribution is -0.114. The molecule has 9 nitrogen and oxygen atoms in total. The predicted octanol–water partition coefficient (Wildman–Crippen LogP) is 1.74. The van der Waals surface area contributed by atoms with Crippen molar-refractivity contribution in [2.24, 2.45) is 0 Å². The van der Waals surface area contributed by atoms with Crippen molar-refractivity contribution < 1.29 is 22.8 Å². The lowest BCUT2D eigenvalue weighted by atomic mass is 10.1. The molecule has 0 aliphatic heterocycles. The van der Waals surface area contributed by atoms with Crippen LogP contribution in [0, 0.1) is 0 Å². The molecule has 2 aromatic rings. The Morgan fingerprint density at radius 2 is 1.54 bits per heavy atom. The van der Waals surface area contributed by atoms with E-state index in [4.69, 9.17) is 11.6 Å². The molecule has 28 heavy (non-hydrogen) atoms. The normalized spacial score (nSPS) is 10.7. The Balaban J connectivity index is 2.22. The van der Waals surface area contributed by atoms with Crippen molar-refractivity contribution in [2.45, 2.75) is 6.92 Å². The van der Waals surface area contributed by atoms with E-state index in [-0.39, 0.29) is 28.4 Å². The van der Waals surface area contributed by atoms with Crippen LogP contribution in [0.3, 0.4) is 0 Å². The van der Waals surface area contributed by atoms with Crippen LogP contribution in [-0.2, 0) is 14.8 Å². The molecule has 4 N–H and O–H groups in total. The molecule has 0 atom stereocenters. The monoisotopic (exact) mass is 424 g/mol. The molecule has 0 saturated heterocycles. The number of benzene rings is 2. The number of rotatable bonds is 5. The minimum absolute atomic E-state index is 0.0187. The lowest BCUT2D eigenvalue weighted by Crippen LogP contribution is -2.42. The summed E-state index contributed by atoms with van der Waals surface area (Å²) in [6.07, 6.45) is 0.929. The van der Waals surface area contributed by atoms with Crippen molar-refractivity contribution in [1.82, 2.24) is 10.9 Å². The smallest absolute Gasteiger partial charge is 0.271 e. The molecular weight excluding hydrogens is 408 g/mol. The Morgan fingerprint density at radius 1 is 0.929 bits per heavy atom. The van der Waals surface area contributed by atoms with Gasteiger partial charge in [-0.05, 0) is 42.5 Å². The summed E-state index contributed by atoms with van der Waals surface area (Å²) in [5, 5.41) is 2.94. The molecule has 0 saturated carbocycles. The Morgan fingerprint density at radius 3 is 2.11 bits per heavy atom. The third kappa shape index (κ3) is 6.25. The number of anilines is 2. The fraction of sp³-hybridized carbons (Fsp3) is 0.118. The first kappa shape index (κ1) is 21.2. The Kier molecular flexibility index (Phi) is 6.60. The first-order valence-corrected chi connectivity index (χ1v) is 10.1. The summed E-state index contributed by atoms with van der Waals surface area (Å²) in [5.74, 6) is -1.76. The summed E-state index contributed by atoms with van der Waals surface area (Å²) in [5.41, 5.74) is 4.83. The maximum atomic E-state index is 12.5. The van der Waals surface area contributed by atoms with Crippen LogP contribution in [-0.4, -0.2) is 32.4 Å². The maximum absolute atomic E-state index is 12.5. The van der Waals surface area contributed by atoms with E-state index < -0.39 is 21.8 Å². The van der Waals surface area contributed by atoms with Gasteiger partial charge in [0.1, 0.15) is 0 Å². The highest BCUT2D eigenvalue weighted by atomic mass is 35.5. The van der Waals surface area contributed by atoms with Crippen LogP contribution in [0.2, 0.25) is 5.02 Å². The van der Waals surface area contributed by atoms with Gasteiger partial charge in [-0.15, -0.1) is 0 Å². The van der Waals surface area contributed by atoms with E-state index in [0.29, 0.717) is 5.02 Å². The SMILES string of the molecule is CC(=O)Nc1ccc(NS(C)(=O)=O)c(C(=O)NNC(=O)c2ccc(Cl)cc2)c1. The van der Waals surface area contributed by atoms with Crippen molar-refractivity contribution in [2.75, 3.05) is 16.3 Å². The highest BCUT2D eigenvalue weighted by molar-refractivity contribution is 7.92. The van der Waals surface area contributed by atoms with Crippen LogP contribution in [0.15, 0.2) is 42.5 Å². The summed E-state index contributed by atoms with van der Waals surface area (Å²) >= 11 is 5.76. The maximum Gasteiger partial charge on any atom is 0.271 e. The van der Waals surface area contributed by atoms with Crippen molar-refractivity contribution in [3.8, 4) is 0 Å². The Hall–Kier alpha value is -3.11. The fourth-order valence-electron chi connectivity index (χ4n) is 2.16. The van der Waals surface area contributed by atoms with Gasteiger partial charge in [0.25, 0.3) is 11.8 Å². The van der Waals surface area contributed by atoms with Crippen molar-refractivity contribution in [1.29, 1.82) is 0 Å². The number of hydrogen-bond donors (Lipinski definition) is 4. The molecule has 0 heterocycles. The van der Waals surface area contributed by atoms with Gasteiger partial charge in [0.15, 0.2) is 0 Å². The molecule has 0 fully saturated rings. The minimum Gasteiger partial charge on any atom is -0.326 e. The average Bonchev–Trinajstić information content (AvgIpc) is 2.59. The van der Waals surface area contributed by atoms with Crippen LogP contribution < -0.4 is 20.9 Å². The van der Waals surface area contributed by atoms with E-state index in [9.17, 15) is 22.8 Å². The van der Waals surface area contributed by atoms with Crippen LogP contribution >= 0.6 is 11.6 Å². The fourth-order valence-corrected chi connectivity index (χ4v) is 2.86. The molecule has 2 aromatic carbocycles. The quantitative estimate of drug-likeness (QED) is 0.542. The topological polar surface area (TPSA) is 133 Å². The highest BCUT2D eigenvalue weighted by Crippen LogP contribution is 2.21. The highest BCUT2D eigenvalue weighted by Gasteiger charge is 2.17. The number of nitrogens with one attached hydrogen (secondary N) is 4. The summed E-state index contributed by atoms with van der Waals surface area (Å²) in [6.45, 7) is 1.29. The molecule has 0 bridgehead atoms. The van der Waals surface area contributed by atoms with E-state index in [1.165, 1.54) is 49.4 Å². The lowest BCUT2D eigenvalue weighted by Gasteiger charge is -2.14. The molecular formula is C17H17ClN4O5S. The second kappa shape index (κ2) is 8.72. The average molecular weight is 425 g/mol. The van der Waals surface area contributed by atoms with Crippen LogP contribution in [0.1, 0.15) is 27.6 Å². The third-order valence-electron chi connectivity index (χ3n) is 3.28. The third-order valence-corrected chi connectivity index (χ3v) is 4.12. The first-order chi connectivity index (χ1) is 13.0. The Labute approximate surface area is 166 Å². The zero-order valence-electron chi connectivity index (χ0n) is 14.9. The zero-order chi connectivity index (χ0) is 20.9. The Bertz CT molecular complexity index is 1020. The molecule has 3 amide bonds. The van der Waals surface area contributed by atoms with E-state index >= 15 is 0 Å². The van der Waals surface area contributed by atoms with Crippen LogP contribution in [0.25, 0.3) is 0 Å². The second-order valence-corrected chi connectivity index (χ2v) is 7.92. The van der Waals surface area contributed by atoms with Crippen molar-refractivity contribution >= 4 is 50.7 Å². The first-order valence-electron chi connectivity index (χ1n) is 7.81. The van der Waals surface area contributed by atoms with Crippen LogP contribution in [0.5, 0.6) is 0 Å².